The molecule has 1 rings (SSSR count). The highest BCUT2D eigenvalue weighted by atomic mass is 32.2. The van der Waals surface area contributed by atoms with Crippen LogP contribution in [0.1, 0.15) is 24.2 Å². The van der Waals surface area contributed by atoms with Crippen LogP contribution >= 0.6 is 0 Å². The first-order valence-corrected chi connectivity index (χ1v) is 7.13. The number of hydrogen-bond acceptors (Lipinski definition) is 4. The Labute approximate surface area is 116 Å². The van der Waals surface area contributed by atoms with Crippen molar-refractivity contribution in [2.24, 2.45) is 0 Å². The number of hydrogen-bond donors (Lipinski definition) is 4. The van der Waals surface area contributed by atoms with Crippen LogP contribution in [0.3, 0.4) is 0 Å². The number of carbonyl (C=O) groups excluding carboxylic acids is 1. The standard InChI is InChI=1S/C11H15N3O5S/c1-7(2)12-11(17)14-20(18,19)13-9-6-4-3-5-8(9)10(15)16/h3-7,13H,1-2H3,(H,15,16)(H2,12,14,17). The van der Waals surface area contributed by atoms with Crippen LogP contribution in [0.4, 0.5) is 10.5 Å². The molecule has 0 bridgehead atoms. The number of carbonyl (C=O) groups is 2. The first-order valence-electron chi connectivity index (χ1n) is 5.64. The number of carboxylic acids is 1. The zero-order chi connectivity index (χ0) is 15.3. The second-order valence-corrected chi connectivity index (χ2v) is 5.60. The molecule has 0 aliphatic carbocycles. The highest BCUT2D eigenvalue weighted by molar-refractivity contribution is 7.91. The van der Waals surface area contributed by atoms with E-state index < -0.39 is 22.2 Å². The molecular weight excluding hydrogens is 286 g/mol. The van der Waals surface area contributed by atoms with Crippen LogP contribution in [0.2, 0.25) is 0 Å². The van der Waals surface area contributed by atoms with Gasteiger partial charge in [-0.3, -0.25) is 4.72 Å². The zero-order valence-electron chi connectivity index (χ0n) is 10.9. The predicted molar refractivity (Wildman–Crippen MR) is 72.7 cm³/mol. The summed E-state index contributed by atoms with van der Waals surface area (Å²) in [5, 5.41) is 11.3. The molecule has 0 aromatic heterocycles. The number of para-hydroxylation sites is 1. The van der Waals surface area contributed by atoms with Gasteiger partial charge in [0.1, 0.15) is 0 Å². The van der Waals surface area contributed by atoms with Crippen molar-refractivity contribution >= 4 is 27.9 Å². The van der Waals surface area contributed by atoms with E-state index in [4.69, 9.17) is 5.11 Å². The Morgan fingerprint density at radius 2 is 1.80 bits per heavy atom. The molecule has 20 heavy (non-hydrogen) atoms. The Bertz CT molecular complexity index is 612. The van der Waals surface area contributed by atoms with Crippen LogP contribution in [0.5, 0.6) is 0 Å². The van der Waals surface area contributed by atoms with Crippen molar-refractivity contribution in [3.05, 3.63) is 29.8 Å². The molecule has 0 saturated heterocycles. The molecule has 2 amide bonds. The van der Waals surface area contributed by atoms with E-state index >= 15 is 0 Å². The Morgan fingerprint density at radius 3 is 2.35 bits per heavy atom. The smallest absolute Gasteiger partial charge is 0.337 e. The lowest BCUT2D eigenvalue weighted by Gasteiger charge is -2.13. The summed E-state index contributed by atoms with van der Waals surface area (Å²) in [7, 11) is -4.21. The van der Waals surface area contributed by atoms with E-state index in [-0.39, 0.29) is 17.3 Å². The number of aromatic carboxylic acids is 1. The highest BCUT2D eigenvalue weighted by Crippen LogP contribution is 2.15. The van der Waals surface area contributed by atoms with Gasteiger partial charge < -0.3 is 10.4 Å². The monoisotopic (exact) mass is 301 g/mol. The van der Waals surface area contributed by atoms with Gasteiger partial charge in [-0.1, -0.05) is 12.1 Å². The number of urea groups is 1. The van der Waals surface area contributed by atoms with Gasteiger partial charge in [-0.2, -0.15) is 8.42 Å². The molecule has 0 spiro atoms. The van der Waals surface area contributed by atoms with Gasteiger partial charge in [-0.05, 0) is 26.0 Å². The molecule has 0 heterocycles. The topological polar surface area (TPSA) is 125 Å². The molecule has 0 aliphatic heterocycles. The Balaban J connectivity index is 2.87. The van der Waals surface area contributed by atoms with Crippen LogP contribution in [-0.4, -0.2) is 31.6 Å². The fourth-order valence-electron chi connectivity index (χ4n) is 1.34. The minimum atomic E-state index is -4.21. The number of carboxylic acid groups (broad SMARTS) is 1. The molecule has 0 fully saturated rings. The van der Waals surface area contributed by atoms with Crippen molar-refractivity contribution in [2.45, 2.75) is 19.9 Å². The van der Waals surface area contributed by atoms with E-state index in [2.05, 4.69) is 5.32 Å². The zero-order valence-corrected chi connectivity index (χ0v) is 11.7. The normalized spacial score (nSPS) is 10.9. The molecule has 110 valence electrons. The molecule has 9 heteroatoms. The van der Waals surface area contributed by atoms with Gasteiger partial charge >= 0.3 is 22.2 Å². The van der Waals surface area contributed by atoms with Crippen LogP contribution in [-0.2, 0) is 10.2 Å². The maximum Gasteiger partial charge on any atom is 0.337 e. The summed E-state index contributed by atoms with van der Waals surface area (Å²) in [5.41, 5.74) is -0.355. The highest BCUT2D eigenvalue weighted by Gasteiger charge is 2.18. The average Bonchev–Trinajstić information content (AvgIpc) is 2.26. The van der Waals surface area contributed by atoms with Gasteiger partial charge in [0.2, 0.25) is 0 Å². The molecule has 0 saturated carbocycles. The first kappa shape index (κ1) is 15.8. The fraction of sp³-hybridized carbons (Fsp3) is 0.273. The van der Waals surface area contributed by atoms with Gasteiger partial charge in [0.15, 0.2) is 0 Å². The number of rotatable bonds is 5. The van der Waals surface area contributed by atoms with E-state index in [0.717, 1.165) is 0 Å². The molecular formula is C11H15N3O5S. The fourth-order valence-corrected chi connectivity index (χ4v) is 2.16. The molecule has 1 aromatic carbocycles. The molecule has 1 aromatic rings. The molecule has 0 radical (unpaired) electrons. The van der Waals surface area contributed by atoms with E-state index in [0.29, 0.717) is 0 Å². The number of amides is 2. The van der Waals surface area contributed by atoms with Crippen molar-refractivity contribution < 1.29 is 23.1 Å². The third-order valence-corrected chi connectivity index (χ3v) is 2.99. The molecule has 0 atom stereocenters. The van der Waals surface area contributed by atoms with Gasteiger partial charge in [0.25, 0.3) is 0 Å². The Morgan fingerprint density at radius 1 is 1.20 bits per heavy atom. The minimum absolute atomic E-state index is 0.134. The maximum atomic E-state index is 11.7. The van der Waals surface area contributed by atoms with Crippen molar-refractivity contribution in [3.63, 3.8) is 0 Å². The lowest BCUT2D eigenvalue weighted by Crippen LogP contribution is -2.44. The summed E-state index contributed by atoms with van der Waals surface area (Å²) in [6.07, 6.45) is 0. The Kier molecular flexibility index (Phi) is 4.92. The van der Waals surface area contributed by atoms with Gasteiger partial charge in [-0.25, -0.2) is 14.3 Å². The third-order valence-electron chi connectivity index (χ3n) is 2.05. The molecule has 4 N–H and O–H groups in total. The summed E-state index contributed by atoms with van der Waals surface area (Å²) >= 11 is 0. The Hall–Kier alpha value is -2.29. The summed E-state index contributed by atoms with van der Waals surface area (Å²) in [6.45, 7) is 3.33. The minimum Gasteiger partial charge on any atom is -0.478 e. The predicted octanol–water partition coefficient (Wildman–Crippen LogP) is 0.749. The third kappa shape index (κ3) is 4.76. The van der Waals surface area contributed by atoms with Crippen molar-refractivity contribution in [2.75, 3.05) is 4.72 Å². The van der Waals surface area contributed by atoms with E-state index in [1.54, 1.807) is 18.6 Å². The van der Waals surface area contributed by atoms with Crippen molar-refractivity contribution in [1.82, 2.24) is 10.0 Å². The van der Waals surface area contributed by atoms with E-state index in [9.17, 15) is 18.0 Å². The van der Waals surface area contributed by atoms with Crippen LogP contribution in [0.15, 0.2) is 24.3 Å². The van der Waals surface area contributed by atoms with E-state index in [1.165, 1.54) is 24.3 Å². The summed E-state index contributed by atoms with van der Waals surface area (Å²) in [6, 6.07) is 4.31. The number of anilines is 1. The second-order valence-electron chi connectivity index (χ2n) is 4.19. The maximum absolute atomic E-state index is 11.7. The lowest BCUT2D eigenvalue weighted by atomic mass is 10.2. The van der Waals surface area contributed by atoms with Crippen molar-refractivity contribution in [3.8, 4) is 0 Å². The summed E-state index contributed by atoms with van der Waals surface area (Å²) in [5.74, 6) is -1.28. The second kappa shape index (κ2) is 6.24. The van der Waals surface area contributed by atoms with Gasteiger partial charge in [-0.15, -0.1) is 0 Å². The lowest BCUT2D eigenvalue weighted by molar-refractivity contribution is 0.0698. The molecule has 0 unspecified atom stereocenters. The molecule has 0 aliphatic rings. The average molecular weight is 301 g/mol. The number of benzene rings is 1. The SMILES string of the molecule is CC(C)NC(=O)NS(=O)(=O)Nc1ccccc1C(=O)O. The van der Waals surface area contributed by atoms with Crippen LogP contribution < -0.4 is 14.8 Å². The van der Waals surface area contributed by atoms with E-state index in [1.807, 2.05) is 4.72 Å². The largest absolute Gasteiger partial charge is 0.478 e. The quantitative estimate of drug-likeness (QED) is 0.638. The van der Waals surface area contributed by atoms with Crippen LogP contribution in [0, 0.1) is 0 Å². The summed E-state index contributed by atoms with van der Waals surface area (Å²) < 4.78 is 27.1. The van der Waals surface area contributed by atoms with Gasteiger partial charge in [0, 0.05) is 6.04 Å². The first-order chi connectivity index (χ1) is 9.21. The van der Waals surface area contributed by atoms with Gasteiger partial charge in [0.05, 0.1) is 11.3 Å². The number of nitrogens with one attached hydrogen (secondary N) is 3. The van der Waals surface area contributed by atoms with Crippen LogP contribution in [0.25, 0.3) is 0 Å². The van der Waals surface area contributed by atoms with Crippen molar-refractivity contribution in [1.29, 1.82) is 0 Å². The summed E-state index contributed by atoms with van der Waals surface area (Å²) in [4.78, 5) is 22.3. The molecule has 8 nitrogen and oxygen atoms in total.